The molecule has 0 saturated heterocycles. The Morgan fingerprint density at radius 1 is 1.40 bits per heavy atom. The lowest BCUT2D eigenvalue weighted by atomic mass is 10.2. The summed E-state index contributed by atoms with van der Waals surface area (Å²) in [6, 6.07) is 7.71. The molecule has 0 aliphatic rings. The van der Waals surface area contributed by atoms with E-state index in [4.69, 9.17) is 16.7 Å². The summed E-state index contributed by atoms with van der Waals surface area (Å²) in [6.07, 6.45) is 1.83. The minimum atomic E-state index is 0.134. The van der Waals surface area contributed by atoms with Crippen molar-refractivity contribution in [2.75, 3.05) is 19.7 Å². The van der Waals surface area contributed by atoms with Crippen molar-refractivity contribution in [3.63, 3.8) is 0 Å². The molecule has 106 valence electrons. The molecule has 1 aromatic carbocycles. The predicted octanol–water partition coefficient (Wildman–Crippen LogP) is 3.44. The van der Waals surface area contributed by atoms with E-state index in [1.54, 1.807) is 11.3 Å². The number of aliphatic hydroxyl groups is 1. The summed E-state index contributed by atoms with van der Waals surface area (Å²) >= 11 is 7.77. The number of benzene rings is 1. The molecular weight excluding hydrogens is 292 g/mol. The monoisotopic (exact) mass is 308 g/mol. The van der Waals surface area contributed by atoms with Gasteiger partial charge in [-0.3, -0.25) is 4.90 Å². The van der Waals surface area contributed by atoms with Crippen LogP contribution < -0.4 is 0 Å². The van der Waals surface area contributed by atoms with Crippen LogP contribution in [0.4, 0.5) is 0 Å². The maximum atomic E-state index is 9.05. The van der Waals surface area contributed by atoms with Gasteiger partial charge in [-0.05, 0) is 6.07 Å². The first-order valence-corrected chi connectivity index (χ1v) is 7.63. The zero-order chi connectivity index (χ0) is 14.4. The highest BCUT2D eigenvalue weighted by Gasteiger charge is 2.10. The number of nitrogens with zero attached hydrogens (tertiary/aromatic N) is 2. The van der Waals surface area contributed by atoms with Crippen LogP contribution >= 0.6 is 22.9 Å². The van der Waals surface area contributed by atoms with Gasteiger partial charge in [0.15, 0.2) is 0 Å². The van der Waals surface area contributed by atoms with Gasteiger partial charge in [-0.1, -0.05) is 35.9 Å². The fourth-order valence-corrected chi connectivity index (χ4v) is 3.06. The third-order valence-corrected chi connectivity index (χ3v) is 4.10. The molecule has 1 heterocycles. The molecule has 0 unspecified atom stereocenters. The molecule has 2 rings (SSSR count). The van der Waals surface area contributed by atoms with Crippen LogP contribution in [-0.2, 0) is 6.54 Å². The van der Waals surface area contributed by atoms with E-state index in [0.29, 0.717) is 18.1 Å². The third kappa shape index (κ3) is 3.90. The van der Waals surface area contributed by atoms with Gasteiger partial charge in [-0.15, -0.1) is 17.9 Å². The molecule has 0 aliphatic heterocycles. The van der Waals surface area contributed by atoms with Gasteiger partial charge in [-0.2, -0.15) is 0 Å². The fourth-order valence-electron chi connectivity index (χ4n) is 1.93. The first-order chi connectivity index (χ1) is 9.74. The summed E-state index contributed by atoms with van der Waals surface area (Å²) in [5, 5.41) is 12.7. The number of thiazole rings is 1. The highest BCUT2D eigenvalue weighted by molar-refractivity contribution is 7.13. The number of aliphatic hydroxyl groups excluding tert-OH is 1. The summed E-state index contributed by atoms with van der Waals surface area (Å²) < 4.78 is 0. The van der Waals surface area contributed by atoms with Crippen molar-refractivity contribution < 1.29 is 5.11 Å². The molecule has 5 heteroatoms. The molecule has 0 atom stereocenters. The molecule has 0 spiro atoms. The van der Waals surface area contributed by atoms with Gasteiger partial charge in [0.05, 0.1) is 17.3 Å². The van der Waals surface area contributed by atoms with E-state index in [1.165, 1.54) is 0 Å². The fraction of sp³-hybridized carbons (Fsp3) is 0.267. The molecule has 0 saturated carbocycles. The van der Waals surface area contributed by atoms with E-state index in [0.717, 1.165) is 22.8 Å². The summed E-state index contributed by atoms with van der Waals surface area (Å²) in [5.74, 6) is 0. The van der Waals surface area contributed by atoms with Gasteiger partial charge in [-0.25, -0.2) is 4.98 Å². The Balaban J connectivity index is 2.12. The maximum absolute atomic E-state index is 9.05. The van der Waals surface area contributed by atoms with E-state index >= 15 is 0 Å². The normalized spacial score (nSPS) is 10.9. The Hall–Kier alpha value is -1.20. The number of halogens is 1. The van der Waals surface area contributed by atoms with Crippen LogP contribution in [-0.4, -0.2) is 34.7 Å². The van der Waals surface area contributed by atoms with Gasteiger partial charge in [0.2, 0.25) is 0 Å². The molecule has 1 aromatic heterocycles. The molecule has 0 bridgehead atoms. The number of hydrogen-bond donors (Lipinski definition) is 1. The van der Waals surface area contributed by atoms with Gasteiger partial charge in [0.25, 0.3) is 0 Å². The van der Waals surface area contributed by atoms with Crippen molar-refractivity contribution in [1.29, 1.82) is 0 Å². The van der Waals surface area contributed by atoms with Crippen LogP contribution in [0.3, 0.4) is 0 Å². The topological polar surface area (TPSA) is 36.4 Å². The lowest BCUT2D eigenvalue weighted by Gasteiger charge is -2.17. The number of hydrogen-bond acceptors (Lipinski definition) is 4. The molecule has 0 aliphatic carbocycles. The summed E-state index contributed by atoms with van der Waals surface area (Å²) in [4.78, 5) is 6.72. The largest absolute Gasteiger partial charge is 0.395 e. The molecule has 0 fully saturated rings. The number of rotatable bonds is 7. The lowest BCUT2D eigenvalue weighted by Crippen LogP contribution is -2.26. The van der Waals surface area contributed by atoms with Crippen LogP contribution in [0.25, 0.3) is 10.6 Å². The first kappa shape index (κ1) is 15.2. The Morgan fingerprint density at radius 2 is 2.20 bits per heavy atom. The average Bonchev–Trinajstić information content (AvgIpc) is 2.88. The van der Waals surface area contributed by atoms with Crippen LogP contribution in [0.1, 0.15) is 5.69 Å². The maximum Gasteiger partial charge on any atom is 0.125 e. The van der Waals surface area contributed by atoms with Crippen LogP contribution in [0.5, 0.6) is 0 Å². The lowest BCUT2D eigenvalue weighted by molar-refractivity contribution is 0.202. The highest BCUT2D eigenvalue weighted by atomic mass is 35.5. The van der Waals surface area contributed by atoms with Crippen molar-refractivity contribution in [2.24, 2.45) is 0 Å². The van der Waals surface area contributed by atoms with Gasteiger partial charge < -0.3 is 5.11 Å². The van der Waals surface area contributed by atoms with E-state index in [9.17, 15) is 0 Å². The summed E-state index contributed by atoms with van der Waals surface area (Å²) in [5.41, 5.74) is 1.95. The average molecular weight is 309 g/mol. The quantitative estimate of drug-likeness (QED) is 0.796. The van der Waals surface area contributed by atoms with Crippen molar-refractivity contribution in [3.05, 3.63) is 53.0 Å². The highest BCUT2D eigenvalue weighted by Crippen LogP contribution is 2.30. The van der Waals surface area contributed by atoms with Gasteiger partial charge >= 0.3 is 0 Å². The van der Waals surface area contributed by atoms with E-state index < -0.39 is 0 Å². The smallest absolute Gasteiger partial charge is 0.125 e. The molecular formula is C15H17ClN2OS. The summed E-state index contributed by atoms with van der Waals surface area (Å²) in [6.45, 7) is 5.92. The Morgan fingerprint density at radius 3 is 2.90 bits per heavy atom. The minimum Gasteiger partial charge on any atom is -0.395 e. The predicted molar refractivity (Wildman–Crippen MR) is 85.1 cm³/mol. The van der Waals surface area contributed by atoms with Crippen LogP contribution in [0, 0.1) is 0 Å². The van der Waals surface area contributed by atoms with Gasteiger partial charge in [0.1, 0.15) is 5.01 Å². The second-order valence-electron chi connectivity index (χ2n) is 4.37. The molecule has 0 amide bonds. The molecule has 20 heavy (non-hydrogen) atoms. The Bertz CT molecular complexity index is 571. The van der Waals surface area contributed by atoms with Crippen molar-refractivity contribution in [2.45, 2.75) is 6.54 Å². The second-order valence-corrected chi connectivity index (χ2v) is 5.64. The zero-order valence-corrected chi connectivity index (χ0v) is 12.7. The Kier molecular flexibility index (Phi) is 5.73. The molecule has 3 nitrogen and oxygen atoms in total. The second kappa shape index (κ2) is 7.55. The molecule has 1 N–H and O–H groups in total. The zero-order valence-electron chi connectivity index (χ0n) is 11.1. The number of aromatic nitrogens is 1. The van der Waals surface area contributed by atoms with Crippen molar-refractivity contribution >= 4 is 22.9 Å². The van der Waals surface area contributed by atoms with E-state index in [-0.39, 0.29) is 6.61 Å². The van der Waals surface area contributed by atoms with E-state index in [2.05, 4.69) is 16.5 Å². The van der Waals surface area contributed by atoms with E-state index in [1.807, 2.05) is 35.7 Å². The van der Waals surface area contributed by atoms with Crippen LogP contribution in [0.15, 0.2) is 42.3 Å². The third-order valence-electron chi connectivity index (χ3n) is 2.85. The molecule has 0 radical (unpaired) electrons. The summed E-state index contributed by atoms with van der Waals surface area (Å²) in [7, 11) is 0. The Labute approximate surface area is 128 Å². The standard InChI is InChI=1S/C15H17ClN2OS/c1-2-7-18(8-9-19)10-12-11-20-15(17-12)13-5-3-4-6-14(13)16/h2-6,11,19H,1,7-10H2. The van der Waals surface area contributed by atoms with Crippen molar-refractivity contribution in [3.8, 4) is 10.6 Å². The van der Waals surface area contributed by atoms with Gasteiger partial charge in [0, 0.05) is 30.6 Å². The van der Waals surface area contributed by atoms with Crippen molar-refractivity contribution in [1.82, 2.24) is 9.88 Å². The van der Waals surface area contributed by atoms with Crippen LogP contribution in [0.2, 0.25) is 5.02 Å². The SMILES string of the molecule is C=CCN(CCO)Cc1csc(-c2ccccc2Cl)n1. The minimum absolute atomic E-state index is 0.134. The molecule has 2 aromatic rings. The first-order valence-electron chi connectivity index (χ1n) is 6.38.